The van der Waals surface area contributed by atoms with Gasteiger partial charge in [-0.3, -0.25) is 0 Å². The molecular formula is C13H28O2Si. The molecule has 1 fully saturated rings. The van der Waals surface area contributed by atoms with Crippen LogP contribution in [0, 0.1) is 5.92 Å². The molecule has 0 aromatic carbocycles. The van der Waals surface area contributed by atoms with Crippen molar-refractivity contribution < 1.29 is 8.85 Å². The molecule has 0 amide bonds. The van der Waals surface area contributed by atoms with E-state index in [1.54, 1.807) is 0 Å². The minimum absolute atomic E-state index is 0.727. The predicted octanol–water partition coefficient (Wildman–Crippen LogP) is 4.10. The van der Waals surface area contributed by atoms with E-state index in [1.165, 1.54) is 44.6 Å². The third-order valence-electron chi connectivity index (χ3n) is 4.25. The van der Waals surface area contributed by atoms with Gasteiger partial charge in [-0.15, -0.1) is 0 Å². The van der Waals surface area contributed by atoms with Gasteiger partial charge in [-0.2, -0.15) is 0 Å². The predicted molar refractivity (Wildman–Crippen MR) is 70.9 cm³/mol. The number of hydrogen-bond acceptors (Lipinski definition) is 2. The summed E-state index contributed by atoms with van der Waals surface area (Å²) in [6.45, 7) is 4.58. The first kappa shape index (κ1) is 14.2. The third kappa shape index (κ3) is 3.31. The zero-order valence-electron chi connectivity index (χ0n) is 11.4. The Bertz CT molecular complexity index is 186. The monoisotopic (exact) mass is 244 g/mol. The summed E-state index contributed by atoms with van der Waals surface area (Å²) >= 11 is 0. The maximum absolute atomic E-state index is 5.92. The van der Waals surface area contributed by atoms with Crippen molar-refractivity contribution in [3.05, 3.63) is 0 Å². The van der Waals surface area contributed by atoms with Gasteiger partial charge in [0.1, 0.15) is 0 Å². The van der Waals surface area contributed by atoms with E-state index in [4.69, 9.17) is 8.85 Å². The van der Waals surface area contributed by atoms with Gasteiger partial charge in [0.15, 0.2) is 0 Å². The minimum atomic E-state index is -1.93. The fourth-order valence-corrected chi connectivity index (χ4v) is 6.97. The van der Waals surface area contributed by atoms with Gasteiger partial charge in [0.2, 0.25) is 0 Å². The van der Waals surface area contributed by atoms with E-state index in [1.807, 2.05) is 14.2 Å². The van der Waals surface area contributed by atoms with E-state index in [-0.39, 0.29) is 0 Å². The highest BCUT2D eigenvalue weighted by Crippen LogP contribution is 2.41. The Hall–Kier alpha value is 0.137. The lowest BCUT2D eigenvalue weighted by atomic mass is 10.0. The normalized spacial score (nSPS) is 21.0. The average Bonchev–Trinajstić information content (AvgIpc) is 2.37. The Labute approximate surface area is 102 Å². The second-order valence-electron chi connectivity index (χ2n) is 5.27. The van der Waals surface area contributed by atoms with E-state index in [0.717, 1.165) is 11.5 Å². The molecule has 0 radical (unpaired) electrons. The number of rotatable bonds is 6. The Morgan fingerprint density at radius 1 is 1.12 bits per heavy atom. The molecule has 0 bridgehead atoms. The number of hydrogen-bond donors (Lipinski definition) is 0. The van der Waals surface area contributed by atoms with Crippen molar-refractivity contribution in [3.8, 4) is 0 Å². The quantitative estimate of drug-likeness (QED) is 0.655. The summed E-state index contributed by atoms with van der Waals surface area (Å²) in [5, 5.41) is 0. The Morgan fingerprint density at radius 2 is 1.69 bits per heavy atom. The molecule has 0 N–H and O–H groups in total. The molecule has 0 aromatic rings. The Balaban J connectivity index is 2.68. The van der Waals surface area contributed by atoms with E-state index in [9.17, 15) is 0 Å². The van der Waals surface area contributed by atoms with Crippen LogP contribution in [0.15, 0.2) is 0 Å². The van der Waals surface area contributed by atoms with E-state index >= 15 is 0 Å². The van der Waals surface area contributed by atoms with E-state index in [2.05, 4.69) is 13.8 Å². The van der Waals surface area contributed by atoms with Crippen molar-refractivity contribution in [2.45, 2.75) is 64.0 Å². The summed E-state index contributed by atoms with van der Waals surface area (Å²) in [4.78, 5) is 0. The smallest absolute Gasteiger partial charge is 0.341 e. The van der Waals surface area contributed by atoms with Crippen molar-refractivity contribution in [2.24, 2.45) is 5.92 Å². The topological polar surface area (TPSA) is 18.5 Å². The molecular weight excluding hydrogens is 216 g/mol. The van der Waals surface area contributed by atoms with Crippen LogP contribution in [0.4, 0.5) is 0 Å². The molecule has 1 aliphatic carbocycles. The molecule has 1 atom stereocenters. The lowest BCUT2D eigenvalue weighted by Gasteiger charge is -2.38. The summed E-state index contributed by atoms with van der Waals surface area (Å²) in [6, 6.07) is 1.17. The summed E-state index contributed by atoms with van der Waals surface area (Å²) < 4.78 is 11.8. The summed E-state index contributed by atoms with van der Waals surface area (Å²) in [5.74, 6) is 0.730. The molecule has 96 valence electrons. The lowest BCUT2D eigenvalue weighted by molar-refractivity contribution is 0.210. The second-order valence-corrected chi connectivity index (χ2v) is 8.94. The summed E-state index contributed by atoms with van der Waals surface area (Å²) in [5.41, 5.74) is 0.727. The zero-order chi connectivity index (χ0) is 12.0. The highest BCUT2D eigenvalue weighted by atomic mass is 28.4. The van der Waals surface area contributed by atoms with Gasteiger partial charge in [-0.05, 0) is 24.8 Å². The fraction of sp³-hybridized carbons (Fsp3) is 1.00. The van der Waals surface area contributed by atoms with Crippen LogP contribution >= 0.6 is 0 Å². The molecule has 2 nitrogen and oxygen atoms in total. The maximum atomic E-state index is 5.92. The minimum Gasteiger partial charge on any atom is -0.397 e. The van der Waals surface area contributed by atoms with Gasteiger partial charge in [0.05, 0.1) is 0 Å². The molecule has 16 heavy (non-hydrogen) atoms. The van der Waals surface area contributed by atoms with Crippen LogP contribution < -0.4 is 0 Å². The van der Waals surface area contributed by atoms with Gasteiger partial charge in [-0.1, -0.05) is 39.5 Å². The largest absolute Gasteiger partial charge is 0.397 e. The van der Waals surface area contributed by atoms with Crippen molar-refractivity contribution in [1.82, 2.24) is 0 Å². The Morgan fingerprint density at radius 3 is 2.12 bits per heavy atom. The van der Waals surface area contributed by atoms with Crippen LogP contribution in [0.25, 0.3) is 0 Å². The third-order valence-corrected chi connectivity index (χ3v) is 8.72. The maximum Gasteiger partial charge on any atom is 0.341 e. The highest BCUT2D eigenvalue weighted by molar-refractivity contribution is 6.69. The van der Waals surface area contributed by atoms with Gasteiger partial charge in [-0.25, -0.2) is 0 Å². The van der Waals surface area contributed by atoms with Crippen LogP contribution in [0.2, 0.25) is 11.6 Å². The molecule has 0 aliphatic heterocycles. The van der Waals surface area contributed by atoms with Crippen LogP contribution in [-0.4, -0.2) is 22.8 Å². The first-order chi connectivity index (χ1) is 7.68. The first-order valence-electron chi connectivity index (χ1n) is 6.78. The van der Waals surface area contributed by atoms with E-state index < -0.39 is 8.56 Å². The Kier molecular flexibility index (Phi) is 6.01. The SMILES string of the molecule is CCC(C)C[Si](OC)(OC)C1CCCCC1. The van der Waals surface area contributed by atoms with Crippen LogP contribution in [0.5, 0.6) is 0 Å². The lowest BCUT2D eigenvalue weighted by Crippen LogP contribution is -2.47. The molecule has 1 aliphatic rings. The highest BCUT2D eigenvalue weighted by Gasteiger charge is 2.45. The van der Waals surface area contributed by atoms with Crippen molar-refractivity contribution in [2.75, 3.05) is 14.2 Å². The molecule has 0 saturated heterocycles. The van der Waals surface area contributed by atoms with Gasteiger partial charge < -0.3 is 8.85 Å². The zero-order valence-corrected chi connectivity index (χ0v) is 12.4. The van der Waals surface area contributed by atoms with Crippen LogP contribution in [0.3, 0.4) is 0 Å². The summed E-state index contributed by atoms with van der Waals surface area (Å²) in [6.07, 6.45) is 8.01. The molecule has 1 unspecified atom stereocenters. The summed E-state index contributed by atoms with van der Waals surface area (Å²) in [7, 11) is 1.81. The fourth-order valence-electron chi connectivity index (χ4n) is 2.92. The van der Waals surface area contributed by atoms with Crippen molar-refractivity contribution >= 4 is 8.56 Å². The first-order valence-corrected chi connectivity index (χ1v) is 8.89. The molecule has 0 aromatic heterocycles. The molecule has 1 rings (SSSR count). The van der Waals surface area contributed by atoms with Crippen molar-refractivity contribution in [1.29, 1.82) is 0 Å². The molecule has 0 spiro atoms. The van der Waals surface area contributed by atoms with Gasteiger partial charge >= 0.3 is 8.56 Å². The van der Waals surface area contributed by atoms with E-state index in [0.29, 0.717) is 0 Å². The molecule has 1 saturated carbocycles. The molecule has 0 heterocycles. The van der Waals surface area contributed by atoms with Crippen LogP contribution in [-0.2, 0) is 8.85 Å². The standard InChI is InChI=1S/C13H28O2Si/c1-5-12(2)11-16(14-3,15-4)13-9-7-6-8-10-13/h12-13H,5-11H2,1-4H3. The average molecular weight is 244 g/mol. The van der Waals surface area contributed by atoms with Gasteiger partial charge in [0.25, 0.3) is 0 Å². The van der Waals surface area contributed by atoms with Crippen LogP contribution in [0.1, 0.15) is 52.4 Å². The molecule has 3 heteroatoms. The second kappa shape index (κ2) is 6.77. The van der Waals surface area contributed by atoms with Gasteiger partial charge in [0, 0.05) is 19.8 Å². The van der Waals surface area contributed by atoms with Crippen molar-refractivity contribution in [3.63, 3.8) is 0 Å².